The molecule has 0 saturated carbocycles. The van der Waals surface area contributed by atoms with Crippen LogP contribution >= 0.6 is 0 Å². The second-order valence-electron chi connectivity index (χ2n) is 5.18. The summed E-state index contributed by atoms with van der Waals surface area (Å²) < 4.78 is 28.2. The maximum Gasteiger partial charge on any atom is 0.261 e. The van der Waals surface area contributed by atoms with E-state index in [2.05, 4.69) is 20.3 Å². The SMILES string of the molecule is CC(C)(C)c1cc(NC(=O)CCOCC(F)F)n[nH]1. The second kappa shape index (κ2) is 6.60. The van der Waals surface area contributed by atoms with Crippen molar-refractivity contribution < 1.29 is 18.3 Å². The average Bonchev–Trinajstić information content (AvgIpc) is 2.72. The number of hydrogen-bond acceptors (Lipinski definition) is 3. The normalized spacial score (nSPS) is 11.9. The molecule has 2 N–H and O–H groups in total. The van der Waals surface area contributed by atoms with Crippen molar-refractivity contribution in [2.24, 2.45) is 0 Å². The summed E-state index contributed by atoms with van der Waals surface area (Å²) in [6.07, 6.45) is -2.49. The number of carbonyl (C=O) groups excluding carboxylic acids is 1. The van der Waals surface area contributed by atoms with E-state index in [1.54, 1.807) is 6.07 Å². The molecule has 5 nitrogen and oxygen atoms in total. The molecule has 0 unspecified atom stereocenters. The zero-order valence-corrected chi connectivity index (χ0v) is 11.3. The van der Waals surface area contributed by atoms with Gasteiger partial charge in [-0.3, -0.25) is 9.89 Å². The van der Waals surface area contributed by atoms with E-state index in [1.165, 1.54) is 0 Å². The van der Waals surface area contributed by atoms with E-state index in [-0.39, 0.29) is 24.3 Å². The van der Waals surface area contributed by atoms with Crippen LogP contribution in [-0.4, -0.2) is 35.7 Å². The predicted octanol–water partition coefficient (Wildman–Crippen LogP) is 2.32. The third kappa shape index (κ3) is 5.78. The Hall–Kier alpha value is -1.50. The summed E-state index contributed by atoms with van der Waals surface area (Å²) in [5.74, 6) is 0.102. The number of anilines is 1. The lowest BCUT2D eigenvalue weighted by molar-refractivity contribution is -0.117. The zero-order chi connectivity index (χ0) is 14.5. The van der Waals surface area contributed by atoms with Gasteiger partial charge in [-0.2, -0.15) is 5.10 Å². The molecule has 1 aromatic rings. The minimum atomic E-state index is -2.51. The monoisotopic (exact) mass is 275 g/mol. The minimum absolute atomic E-state index is 0.0183. The van der Waals surface area contributed by atoms with E-state index in [0.29, 0.717) is 5.82 Å². The lowest BCUT2D eigenvalue weighted by atomic mass is 9.92. The Bertz CT molecular complexity index is 413. The molecule has 0 aromatic carbocycles. The van der Waals surface area contributed by atoms with Crippen LogP contribution in [0.25, 0.3) is 0 Å². The number of nitrogens with zero attached hydrogens (tertiary/aromatic N) is 1. The van der Waals surface area contributed by atoms with Crippen molar-refractivity contribution in [2.75, 3.05) is 18.5 Å². The van der Waals surface area contributed by atoms with Crippen LogP contribution in [0.2, 0.25) is 0 Å². The highest BCUT2D eigenvalue weighted by Crippen LogP contribution is 2.21. The molecule has 19 heavy (non-hydrogen) atoms. The maximum atomic E-state index is 11.8. The molecular weight excluding hydrogens is 256 g/mol. The molecule has 7 heteroatoms. The van der Waals surface area contributed by atoms with Gasteiger partial charge in [-0.25, -0.2) is 8.78 Å². The Morgan fingerprint density at radius 1 is 1.53 bits per heavy atom. The number of aromatic nitrogens is 2. The summed E-state index contributed by atoms with van der Waals surface area (Å²) >= 11 is 0. The van der Waals surface area contributed by atoms with Gasteiger partial charge in [-0.1, -0.05) is 20.8 Å². The number of ether oxygens (including phenoxy) is 1. The molecule has 108 valence electrons. The van der Waals surface area contributed by atoms with Crippen LogP contribution in [0.5, 0.6) is 0 Å². The van der Waals surface area contributed by atoms with E-state index in [0.717, 1.165) is 5.69 Å². The molecule has 1 heterocycles. The summed E-state index contributed by atoms with van der Waals surface area (Å²) in [5, 5.41) is 9.37. The third-order valence-corrected chi connectivity index (χ3v) is 2.37. The smallest absolute Gasteiger partial charge is 0.261 e. The Kier molecular flexibility index (Phi) is 5.41. The van der Waals surface area contributed by atoms with E-state index < -0.39 is 13.0 Å². The minimum Gasteiger partial charge on any atom is -0.375 e. The fourth-order valence-electron chi connectivity index (χ4n) is 1.31. The lowest BCUT2D eigenvalue weighted by Gasteiger charge is -2.14. The fraction of sp³-hybridized carbons (Fsp3) is 0.667. The van der Waals surface area contributed by atoms with Crippen molar-refractivity contribution in [2.45, 2.75) is 39.0 Å². The molecule has 1 amide bonds. The van der Waals surface area contributed by atoms with Gasteiger partial charge in [0.1, 0.15) is 6.61 Å². The van der Waals surface area contributed by atoms with Crippen molar-refractivity contribution in [3.8, 4) is 0 Å². The third-order valence-electron chi connectivity index (χ3n) is 2.37. The molecular formula is C12H19F2N3O2. The van der Waals surface area contributed by atoms with Gasteiger partial charge in [0.15, 0.2) is 5.82 Å². The van der Waals surface area contributed by atoms with E-state index in [4.69, 9.17) is 0 Å². The van der Waals surface area contributed by atoms with Crippen molar-refractivity contribution in [1.29, 1.82) is 0 Å². The number of rotatable bonds is 6. The standard InChI is InChI=1S/C12H19F2N3O2/c1-12(2,3)8-6-10(17-16-8)15-11(18)4-5-19-7-9(13)14/h6,9H,4-5,7H2,1-3H3,(H2,15,16,17,18). The molecule has 1 aromatic heterocycles. The highest BCUT2D eigenvalue weighted by molar-refractivity contribution is 5.89. The highest BCUT2D eigenvalue weighted by atomic mass is 19.3. The van der Waals surface area contributed by atoms with Crippen LogP contribution in [0.15, 0.2) is 6.07 Å². The van der Waals surface area contributed by atoms with Crippen LogP contribution in [0.1, 0.15) is 32.9 Å². The van der Waals surface area contributed by atoms with E-state index in [1.807, 2.05) is 20.8 Å². The average molecular weight is 275 g/mol. The van der Waals surface area contributed by atoms with Crippen LogP contribution in [0, 0.1) is 0 Å². The molecule has 1 rings (SSSR count). The number of nitrogens with one attached hydrogen (secondary N) is 2. The van der Waals surface area contributed by atoms with Gasteiger partial charge < -0.3 is 10.1 Å². The van der Waals surface area contributed by atoms with Crippen LogP contribution in [0.4, 0.5) is 14.6 Å². The van der Waals surface area contributed by atoms with Crippen molar-refractivity contribution in [1.82, 2.24) is 10.2 Å². The predicted molar refractivity (Wildman–Crippen MR) is 67.4 cm³/mol. The largest absolute Gasteiger partial charge is 0.375 e. The molecule has 0 aliphatic carbocycles. The number of halogens is 2. The number of hydrogen-bond donors (Lipinski definition) is 2. The number of carbonyl (C=O) groups is 1. The summed E-state index contributed by atoms with van der Waals surface area (Å²) in [4.78, 5) is 11.5. The topological polar surface area (TPSA) is 67.0 Å². The molecule has 0 atom stereocenters. The van der Waals surface area contributed by atoms with Gasteiger partial charge in [0.05, 0.1) is 13.0 Å². The van der Waals surface area contributed by atoms with Gasteiger partial charge in [0.25, 0.3) is 6.43 Å². The van der Waals surface area contributed by atoms with E-state index >= 15 is 0 Å². The van der Waals surface area contributed by atoms with Gasteiger partial charge in [-0.05, 0) is 0 Å². The zero-order valence-electron chi connectivity index (χ0n) is 11.3. The summed E-state index contributed by atoms with van der Waals surface area (Å²) in [5.41, 5.74) is 0.813. The Morgan fingerprint density at radius 2 is 2.21 bits per heavy atom. The van der Waals surface area contributed by atoms with Gasteiger partial charge in [0, 0.05) is 17.2 Å². The first-order valence-electron chi connectivity index (χ1n) is 6.00. The Morgan fingerprint density at radius 3 is 2.74 bits per heavy atom. The number of amides is 1. The first kappa shape index (κ1) is 15.6. The van der Waals surface area contributed by atoms with Crippen LogP contribution < -0.4 is 5.32 Å². The van der Waals surface area contributed by atoms with Gasteiger partial charge in [0.2, 0.25) is 5.91 Å². The fourth-order valence-corrected chi connectivity index (χ4v) is 1.31. The van der Waals surface area contributed by atoms with E-state index in [9.17, 15) is 13.6 Å². The maximum absolute atomic E-state index is 11.8. The Balaban J connectivity index is 2.34. The van der Waals surface area contributed by atoms with Crippen LogP contribution in [0.3, 0.4) is 0 Å². The quantitative estimate of drug-likeness (QED) is 0.783. The first-order chi connectivity index (χ1) is 8.79. The molecule has 0 saturated heterocycles. The molecule has 0 spiro atoms. The number of aromatic amines is 1. The first-order valence-corrected chi connectivity index (χ1v) is 6.00. The summed E-state index contributed by atoms with van der Waals surface area (Å²) in [6, 6.07) is 1.75. The molecule has 0 aliphatic heterocycles. The lowest BCUT2D eigenvalue weighted by Crippen LogP contribution is -2.16. The molecule has 0 radical (unpaired) electrons. The molecule has 0 aliphatic rings. The molecule has 0 bridgehead atoms. The second-order valence-corrected chi connectivity index (χ2v) is 5.18. The van der Waals surface area contributed by atoms with Crippen molar-refractivity contribution >= 4 is 11.7 Å². The van der Waals surface area contributed by atoms with Crippen molar-refractivity contribution in [3.63, 3.8) is 0 Å². The van der Waals surface area contributed by atoms with Crippen molar-refractivity contribution in [3.05, 3.63) is 11.8 Å². The van der Waals surface area contributed by atoms with Gasteiger partial charge in [-0.15, -0.1) is 0 Å². The number of alkyl halides is 2. The molecule has 0 fully saturated rings. The highest BCUT2D eigenvalue weighted by Gasteiger charge is 2.17. The van der Waals surface area contributed by atoms with Gasteiger partial charge >= 0.3 is 0 Å². The summed E-state index contributed by atoms with van der Waals surface area (Å²) in [6.45, 7) is 5.37. The summed E-state index contributed by atoms with van der Waals surface area (Å²) in [7, 11) is 0. The number of H-pyrrole nitrogens is 1. The van der Waals surface area contributed by atoms with Crippen LogP contribution in [-0.2, 0) is 14.9 Å². The Labute approximate surface area is 110 Å².